The van der Waals surface area contributed by atoms with Crippen LogP contribution in [0, 0.1) is 0 Å². The van der Waals surface area contributed by atoms with Crippen LogP contribution < -0.4 is 0 Å². The second-order valence-corrected chi connectivity index (χ2v) is 4.13. The van der Waals surface area contributed by atoms with Crippen LogP contribution in [0.3, 0.4) is 0 Å². The Bertz CT molecular complexity index is 524. The highest BCUT2D eigenvalue weighted by Gasteiger charge is 2.30. The highest BCUT2D eigenvalue weighted by molar-refractivity contribution is 5.88. The minimum absolute atomic E-state index is 0.107. The van der Waals surface area contributed by atoms with Gasteiger partial charge in [-0.05, 0) is 29.2 Å². The lowest BCUT2D eigenvalue weighted by molar-refractivity contribution is -0.128. The minimum atomic E-state index is 0.107. The average molecular weight is 240 g/mol. The van der Waals surface area contributed by atoms with Crippen molar-refractivity contribution in [3.8, 4) is 0 Å². The largest absolute Gasteiger partial charge is 0.467 e. The number of ether oxygens (including phenoxy) is 1. The Hall–Kier alpha value is -2.09. The normalized spacial score (nSPS) is 21.9. The van der Waals surface area contributed by atoms with E-state index in [9.17, 15) is 4.79 Å². The Morgan fingerprint density at radius 2 is 2.17 bits per heavy atom. The van der Waals surface area contributed by atoms with E-state index >= 15 is 0 Å². The van der Waals surface area contributed by atoms with Crippen molar-refractivity contribution in [2.24, 2.45) is 0 Å². The van der Waals surface area contributed by atoms with E-state index in [1.54, 1.807) is 6.08 Å². The van der Waals surface area contributed by atoms with Crippen LogP contribution in [-0.2, 0) is 9.53 Å². The molecule has 0 heterocycles. The van der Waals surface area contributed by atoms with Crippen molar-refractivity contribution in [1.82, 2.24) is 0 Å². The first kappa shape index (κ1) is 12.4. The molecule has 1 aliphatic carbocycles. The predicted octanol–water partition coefficient (Wildman–Crippen LogP) is 3.47. The second kappa shape index (κ2) is 5.50. The van der Waals surface area contributed by atoms with Crippen LogP contribution in [0.1, 0.15) is 24.0 Å². The Kier molecular flexibility index (Phi) is 3.78. The van der Waals surface area contributed by atoms with Crippen LogP contribution in [0.5, 0.6) is 0 Å². The van der Waals surface area contributed by atoms with Crippen LogP contribution in [0.25, 0.3) is 5.57 Å². The smallest absolute Gasteiger partial charge is 0.293 e. The molecule has 1 aromatic carbocycles. The van der Waals surface area contributed by atoms with Crippen molar-refractivity contribution in [1.29, 1.82) is 0 Å². The summed E-state index contributed by atoms with van der Waals surface area (Å²) in [6.07, 6.45) is 5.86. The van der Waals surface area contributed by atoms with Crippen molar-refractivity contribution in [2.45, 2.75) is 12.8 Å². The molecule has 2 nitrogen and oxygen atoms in total. The quantitative estimate of drug-likeness (QED) is 0.753. The minimum Gasteiger partial charge on any atom is -0.467 e. The molecule has 0 spiro atoms. The van der Waals surface area contributed by atoms with Crippen molar-refractivity contribution < 1.29 is 9.53 Å². The standard InChI is InChI=1S/C16H16O2/c1-3-7-13-12(4-2)14-8-5-6-9-15(14)16(13)10-18-11-17/h3-9,11,16H,1,10H2,2H3/b12-4+,13-7?. The van der Waals surface area contributed by atoms with Crippen molar-refractivity contribution in [2.75, 3.05) is 6.61 Å². The van der Waals surface area contributed by atoms with Gasteiger partial charge in [-0.3, -0.25) is 4.79 Å². The molecule has 2 rings (SSSR count). The van der Waals surface area contributed by atoms with Gasteiger partial charge in [-0.2, -0.15) is 0 Å². The summed E-state index contributed by atoms with van der Waals surface area (Å²) in [6.45, 7) is 6.65. The molecule has 92 valence electrons. The molecule has 1 unspecified atom stereocenters. The van der Waals surface area contributed by atoms with Crippen molar-refractivity contribution in [3.05, 3.63) is 65.8 Å². The zero-order valence-corrected chi connectivity index (χ0v) is 10.4. The van der Waals surface area contributed by atoms with E-state index < -0.39 is 0 Å². The summed E-state index contributed by atoms with van der Waals surface area (Å²) in [5.41, 5.74) is 4.79. The molecular weight excluding hydrogens is 224 g/mol. The molecule has 0 saturated heterocycles. The highest BCUT2D eigenvalue weighted by Crippen LogP contribution is 2.45. The number of carbonyl (C=O) groups excluding carboxylic acids is 1. The van der Waals surface area contributed by atoms with E-state index in [0.29, 0.717) is 13.1 Å². The Morgan fingerprint density at radius 1 is 1.39 bits per heavy atom. The zero-order valence-electron chi connectivity index (χ0n) is 10.4. The molecule has 0 N–H and O–H groups in total. The molecule has 0 aromatic heterocycles. The van der Waals surface area contributed by atoms with E-state index in [-0.39, 0.29) is 5.92 Å². The Morgan fingerprint density at radius 3 is 2.83 bits per heavy atom. The monoisotopic (exact) mass is 240 g/mol. The number of allylic oxidation sites excluding steroid dienone is 4. The van der Waals surface area contributed by atoms with Gasteiger partial charge in [-0.15, -0.1) is 0 Å². The molecule has 1 atom stereocenters. The van der Waals surface area contributed by atoms with Gasteiger partial charge in [0, 0.05) is 5.92 Å². The summed E-state index contributed by atoms with van der Waals surface area (Å²) < 4.78 is 4.96. The Labute approximate surface area is 107 Å². The van der Waals surface area contributed by atoms with Gasteiger partial charge in [-0.25, -0.2) is 0 Å². The molecule has 1 aromatic rings. The SMILES string of the molecule is C=CC=C1/C(=C\C)c2ccccc2C1COC=O. The lowest BCUT2D eigenvalue weighted by Crippen LogP contribution is -2.05. The summed E-state index contributed by atoms with van der Waals surface area (Å²) in [6, 6.07) is 8.22. The van der Waals surface area contributed by atoms with Gasteiger partial charge in [0.05, 0.1) is 0 Å². The van der Waals surface area contributed by atoms with Crippen molar-refractivity contribution in [3.63, 3.8) is 0 Å². The van der Waals surface area contributed by atoms with Crippen LogP contribution in [0.15, 0.2) is 54.6 Å². The number of rotatable bonds is 4. The first-order valence-corrected chi connectivity index (χ1v) is 5.97. The number of carbonyl (C=O) groups is 1. The van der Waals surface area contributed by atoms with E-state index in [0.717, 1.165) is 5.57 Å². The fourth-order valence-corrected chi connectivity index (χ4v) is 2.53. The molecule has 0 radical (unpaired) electrons. The average Bonchev–Trinajstić information content (AvgIpc) is 2.70. The van der Waals surface area contributed by atoms with E-state index in [1.807, 2.05) is 25.1 Å². The van der Waals surface area contributed by atoms with Gasteiger partial charge < -0.3 is 4.74 Å². The fraction of sp³-hybridized carbons (Fsp3) is 0.188. The third-order valence-corrected chi connectivity index (χ3v) is 3.23. The third-order valence-electron chi connectivity index (χ3n) is 3.23. The molecule has 0 amide bonds. The number of hydrogen-bond donors (Lipinski definition) is 0. The van der Waals surface area contributed by atoms with E-state index in [4.69, 9.17) is 4.74 Å². The van der Waals surface area contributed by atoms with Crippen LogP contribution >= 0.6 is 0 Å². The topological polar surface area (TPSA) is 26.3 Å². The van der Waals surface area contributed by atoms with Gasteiger partial charge >= 0.3 is 0 Å². The summed E-state index contributed by atoms with van der Waals surface area (Å²) >= 11 is 0. The summed E-state index contributed by atoms with van der Waals surface area (Å²) in [7, 11) is 0. The molecule has 0 aliphatic heterocycles. The maximum atomic E-state index is 10.4. The molecule has 2 heteroatoms. The van der Waals surface area contributed by atoms with Crippen LogP contribution in [-0.4, -0.2) is 13.1 Å². The lowest BCUT2D eigenvalue weighted by Gasteiger charge is -2.12. The molecule has 0 bridgehead atoms. The molecule has 0 fully saturated rings. The molecule has 0 saturated carbocycles. The maximum Gasteiger partial charge on any atom is 0.293 e. The third kappa shape index (κ3) is 2.02. The van der Waals surface area contributed by atoms with E-state index in [2.05, 4.69) is 24.8 Å². The van der Waals surface area contributed by atoms with E-state index in [1.165, 1.54) is 16.7 Å². The maximum absolute atomic E-state index is 10.4. The highest BCUT2D eigenvalue weighted by atomic mass is 16.5. The molecule has 18 heavy (non-hydrogen) atoms. The first-order valence-electron chi connectivity index (χ1n) is 5.97. The van der Waals surface area contributed by atoms with Crippen molar-refractivity contribution >= 4 is 12.0 Å². The Balaban J connectivity index is 2.51. The lowest BCUT2D eigenvalue weighted by atomic mass is 9.97. The second-order valence-electron chi connectivity index (χ2n) is 4.13. The summed E-state index contributed by atoms with van der Waals surface area (Å²) in [5.74, 6) is 0.107. The molecule has 1 aliphatic rings. The summed E-state index contributed by atoms with van der Waals surface area (Å²) in [5, 5.41) is 0. The first-order chi connectivity index (χ1) is 8.83. The number of benzene rings is 1. The van der Waals surface area contributed by atoms with Gasteiger partial charge in [0.1, 0.15) is 6.61 Å². The predicted molar refractivity (Wildman–Crippen MR) is 73.1 cm³/mol. The van der Waals surface area contributed by atoms with Gasteiger partial charge in [0.25, 0.3) is 6.47 Å². The van der Waals surface area contributed by atoms with Crippen LogP contribution in [0.2, 0.25) is 0 Å². The van der Waals surface area contributed by atoms with Gasteiger partial charge in [0.15, 0.2) is 0 Å². The summed E-state index contributed by atoms with van der Waals surface area (Å²) in [4.78, 5) is 10.4. The molecular formula is C16H16O2. The van der Waals surface area contributed by atoms with Gasteiger partial charge in [-0.1, -0.05) is 49.1 Å². The zero-order chi connectivity index (χ0) is 13.0. The van der Waals surface area contributed by atoms with Gasteiger partial charge in [0.2, 0.25) is 0 Å². The number of fused-ring (bicyclic) bond motifs is 1. The van der Waals surface area contributed by atoms with Crippen LogP contribution in [0.4, 0.5) is 0 Å². The number of hydrogen-bond acceptors (Lipinski definition) is 2. The fourth-order valence-electron chi connectivity index (χ4n) is 2.53.